The Kier molecular flexibility index (Phi) is 7.30. The van der Waals surface area contributed by atoms with Gasteiger partial charge in [0.15, 0.2) is 5.82 Å². The van der Waals surface area contributed by atoms with Crippen molar-refractivity contribution in [3.05, 3.63) is 60.2 Å². The van der Waals surface area contributed by atoms with Crippen molar-refractivity contribution in [2.45, 2.75) is 54.8 Å². The molecule has 2 atom stereocenters. The van der Waals surface area contributed by atoms with Crippen molar-refractivity contribution in [3.63, 3.8) is 0 Å². The van der Waals surface area contributed by atoms with Crippen molar-refractivity contribution >= 4 is 15.9 Å². The van der Waals surface area contributed by atoms with Gasteiger partial charge in [-0.05, 0) is 48.7 Å². The summed E-state index contributed by atoms with van der Waals surface area (Å²) in [5, 5.41) is 17.7. The molecular formula is C28H33FN6O5S. The summed E-state index contributed by atoms with van der Waals surface area (Å²) in [5.41, 5.74) is 0.901. The van der Waals surface area contributed by atoms with Crippen LogP contribution in [0.4, 0.5) is 4.39 Å². The molecule has 2 N–H and O–H groups in total. The van der Waals surface area contributed by atoms with Gasteiger partial charge >= 0.3 is 0 Å². The summed E-state index contributed by atoms with van der Waals surface area (Å²) < 4.78 is 50.3. The molecule has 1 aromatic heterocycles. The van der Waals surface area contributed by atoms with Crippen LogP contribution in [0.15, 0.2) is 53.7 Å². The van der Waals surface area contributed by atoms with Gasteiger partial charge in [-0.2, -0.15) is 9.40 Å². The number of aromatic nitrogens is 3. The highest BCUT2D eigenvalue weighted by Gasteiger charge is 2.47. The number of benzene rings is 2. The predicted octanol–water partition coefficient (Wildman–Crippen LogP) is 1.68. The molecule has 1 amide bonds. The average Bonchev–Trinajstić information content (AvgIpc) is 3.55. The molecule has 2 aromatic carbocycles. The number of carbonyl (C=O) groups is 1. The maximum atomic E-state index is 13.9. The molecule has 0 bridgehead atoms. The molecule has 218 valence electrons. The van der Waals surface area contributed by atoms with Gasteiger partial charge in [0.05, 0.1) is 12.7 Å². The van der Waals surface area contributed by atoms with E-state index in [1.165, 1.54) is 24.5 Å². The number of sulfonamides is 1. The number of halogens is 1. The molecule has 2 saturated heterocycles. The van der Waals surface area contributed by atoms with Gasteiger partial charge in [-0.1, -0.05) is 12.1 Å². The Morgan fingerprint density at radius 1 is 1.17 bits per heavy atom. The van der Waals surface area contributed by atoms with Crippen LogP contribution in [0, 0.1) is 5.82 Å². The zero-order valence-corrected chi connectivity index (χ0v) is 23.6. The molecule has 3 aliphatic rings. The predicted molar refractivity (Wildman–Crippen MR) is 147 cm³/mol. The van der Waals surface area contributed by atoms with Crippen molar-refractivity contribution in [1.82, 2.24) is 29.3 Å². The van der Waals surface area contributed by atoms with Crippen LogP contribution in [-0.2, 0) is 28.4 Å². The number of hydrogen-bond donors (Lipinski definition) is 2. The first kappa shape index (κ1) is 27.8. The Labute approximate surface area is 238 Å². The van der Waals surface area contributed by atoms with Crippen LogP contribution in [0.2, 0.25) is 0 Å². The number of carbonyl (C=O) groups excluding carboxylic acids is 1. The number of aliphatic hydroxyl groups is 1. The second-order valence-corrected chi connectivity index (χ2v) is 13.0. The Balaban J connectivity index is 1.30. The number of likely N-dealkylation sites (tertiary alicyclic amines) is 1. The molecule has 0 aliphatic carbocycles. The van der Waals surface area contributed by atoms with E-state index in [4.69, 9.17) is 4.74 Å². The van der Waals surface area contributed by atoms with E-state index < -0.39 is 33.6 Å². The van der Waals surface area contributed by atoms with Gasteiger partial charge in [0.1, 0.15) is 28.8 Å². The number of fused-ring (bicyclic) bond motifs is 2. The fraction of sp³-hybridized carbons (Fsp3) is 0.464. The van der Waals surface area contributed by atoms with Gasteiger partial charge in [0.2, 0.25) is 15.9 Å². The largest absolute Gasteiger partial charge is 0.492 e. The third-order valence-electron chi connectivity index (χ3n) is 8.37. The van der Waals surface area contributed by atoms with E-state index in [0.717, 1.165) is 9.87 Å². The van der Waals surface area contributed by atoms with Crippen LogP contribution in [0.25, 0.3) is 11.4 Å². The Bertz CT molecular complexity index is 1550. The summed E-state index contributed by atoms with van der Waals surface area (Å²) in [6.07, 6.45) is 2.17. The third kappa shape index (κ3) is 5.46. The second-order valence-electron chi connectivity index (χ2n) is 11.1. The smallest absolute Gasteiger partial charge is 0.247 e. The van der Waals surface area contributed by atoms with Gasteiger partial charge in [-0.3, -0.25) is 9.69 Å². The summed E-state index contributed by atoms with van der Waals surface area (Å²) in [5.74, 6) is 0.0303. The first-order valence-corrected chi connectivity index (χ1v) is 15.2. The number of aryl methyl sites for hydroxylation is 1. The van der Waals surface area contributed by atoms with Crippen molar-refractivity contribution < 1.29 is 27.4 Å². The maximum Gasteiger partial charge on any atom is 0.247 e. The summed E-state index contributed by atoms with van der Waals surface area (Å²) >= 11 is 0. The zero-order chi connectivity index (χ0) is 28.8. The normalized spacial score (nSPS) is 24.6. The second kappa shape index (κ2) is 10.8. The van der Waals surface area contributed by atoms with Crippen molar-refractivity contribution in [3.8, 4) is 17.1 Å². The molecular weight excluding hydrogens is 551 g/mol. The fourth-order valence-corrected chi connectivity index (χ4v) is 7.87. The van der Waals surface area contributed by atoms with Gasteiger partial charge < -0.3 is 15.2 Å². The van der Waals surface area contributed by atoms with Crippen molar-refractivity contribution in [2.24, 2.45) is 7.05 Å². The molecule has 2 fully saturated rings. The SMILES string of the molecule is Cn1ncnc1-c1ccc2c(c1)OCCC1(CCN(Cc3cccc(F)c3)CC1)NC(=O)[C@@H]1C[C@@H](O)CN1S2(=O)=O. The highest BCUT2D eigenvalue weighted by molar-refractivity contribution is 7.89. The molecule has 4 heterocycles. The van der Waals surface area contributed by atoms with E-state index in [1.807, 2.05) is 6.07 Å². The summed E-state index contributed by atoms with van der Waals surface area (Å²) in [6.45, 7) is 1.93. The van der Waals surface area contributed by atoms with E-state index in [0.29, 0.717) is 50.3 Å². The monoisotopic (exact) mass is 584 g/mol. The van der Waals surface area contributed by atoms with Crippen LogP contribution in [-0.4, -0.2) is 87.3 Å². The molecule has 41 heavy (non-hydrogen) atoms. The quantitative estimate of drug-likeness (QED) is 0.476. The molecule has 6 rings (SSSR count). The summed E-state index contributed by atoms with van der Waals surface area (Å²) in [7, 11) is -2.44. The van der Waals surface area contributed by atoms with E-state index in [1.54, 1.807) is 29.9 Å². The molecule has 13 heteroatoms. The molecule has 1 spiro atoms. The number of aliphatic hydroxyl groups excluding tert-OH is 1. The lowest BCUT2D eigenvalue weighted by molar-refractivity contribution is -0.127. The first-order chi connectivity index (χ1) is 19.6. The van der Waals surface area contributed by atoms with Gasteiger partial charge in [-0.25, -0.2) is 22.5 Å². The number of ether oxygens (including phenoxy) is 1. The lowest BCUT2D eigenvalue weighted by Crippen LogP contribution is -2.59. The molecule has 3 aliphatic heterocycles. The highest BCUT2D eigenvalue weighted by Crippen LogP contribution is 2.37. The third-order valence-corrected chi connectivity index (χ3v) is 10.3. The van der Waals surface area contributed by atoms with E-state index in [2.05, 4.69) is 20.3 Å². The van der Waals surface area contributed by atoms with Gasteiger partial charge in [0, 0.05) is 57.2 Å². The van der Waals surface area contributed by atoms with Crippen molar-refractivity contribution in [2.75, 3.05) is 26.2 Å². The zero-order valence-electron chi connectivity index (χ0n) is 22.7. The van der Waals surface area contributed by atoms with Crippen molar-refractivity contribution in [1.29, 1.82) is 0 Å². The molecule has 0 saturated carbocycles. The standard InChI is InChI=1S/C28H33FN6O5S/c1-33-26(30-18-31-33)20-5-6-25-24(14-20)40-12-9-28(32-27(37)23-15-22(36)17-35(23)41(25,38)39)7-10-34(11-8-28)16-19-3-2-4-21(29)13-19/h2-6,13-14,18,22-23,36H,7-12,15-17H2,1H3,(H,32,37)/t22-,23+/m1/s1. The maximum absolute atomic E-state index is 13.9. The molecule has 0 unspecified atom stereocenters. The lowest BCUT2D eigenvalue weighted by atomic mass is 9.84. The van der Waals surface area contributed by atoms with Crippen LogP contribution >= 0.6 is 0 Å². The van der Waals surface area contributed by atoms with E-state index in [-0.39, 0.29) is 36.0 Å². The van der Waals surface area contributed by atoms with Crippen LogP contribution in [0.1, 0.15) is 31.2 Å². The van der Waals surface area contributed by atoms with E-state index in [9.17, 15) is 22.7 Å². The first-order valence-electron chi connectivity index (χ1n) is 13.7. The minimum Gasteiger partial charge on any atom is -0.492 e. The number of hydrogen-bond acceptors (Lipinski definition) is 8. The van der Waals surface area contributed by atoms with Gasteiger partial charge in [0.25, 0.3) is 0 Å². The number of amides is 1. The minimum atomic E-state index is -4.18. The highest BCUT2D eigenvalue weighted by atomic mass is 32.2. The molecule has 3 aromatic rings. The van der Waals surface area contributed by atoms with Crippen LogP contribution in [0.5, 0.6) is 5.75 Å². The molecule has 0 radical (unpaired) electrons. The number of piperidine rings is 1. The van der Waals surface area contributed by atoms with Crippen LogP contribution < -0.4 is 10.1 Å². The summed E-state index contributed by atoms with van der Waals surface area (Å²) in [4.78, 5) is 20.1. The Morgan fingerprint density at radius 3 is 2.71 bits per heavy atom. The summed E-state index contributed by atoms with van der Waals surface area (Å²) in [6, 6.07) is 10.2. The molecule has 11 nitrogen and oxygen atoms in total. The number of nitrogens with zero attached hydrogens (tertiary/aromatic N) is 5. The Morgan fingerprint density at radius 2 is 1.98 bits per heavy atom. The van der Waals surface area contributed by atoms with E-state index >= 15 is 0 Å². The average molecular weight is 585 g/mol. The lowest BCUT2D eigenvalue weighted by Gasteiger charge is -2.43. The van der Waals surface area contributed by atoms with Gasteiger partial charge in [-0.15, -0.1) is 0 Å². The number of rotatable bonds is 3. The van der Waals surface area contributed by atoms with Crippen LogP contribution in [0.3, 0.4) is 0 Å². The fourth-order valence-electron chi connectivity index (χ4n) is 6.12. The topological polar surface area (TPSA) is 130 Å². The number of nitrogens with one attached hydrogen (secondary N) is 1. The minimum absolute atomic E-state index is 0.0139. The Hall–Kier alpha value is -3.39.